The lowest BCUT2D eigenvalue weighted by molar-refractivity contribution is -0.181. The largest absolute Gasteiger partial charge is 0.507 e. The first-order chi connectivity index (χ1) is 16.3. The standard InChI is InChI=1S/C24H27N3O8/c1-8(28)11-5-10(7-25)18(29)15-12(11)4-9-6-13-17(27(2)3)20(31)16(23(26)34)22(33)24(13,35)21(32)14(9)19(15)30/h5,9,13-14,16-17,29,35H,4,6-7,25H2,1-3H3,(H2,26,34)/t9-,13-,14?,16?,17-,24-/m0/s1. The quantitative estimate of drug-likeness (QED) is 0.288. The van der Waals surface area contributed by atoms with Gasteiger partial charge in [0, 0.05) is 23.6 Å². The number of benzene rings is 1. The SMILES string of the molecule is CC(=O)c1cc(CN)c(O)c2c1C[C@H]1C[C@H]3[C@H](N(C)C)C(=O)C(C(N)=O)C(=O)[C@@]3(O)C(=O)C1C2=O. The Hall–Kier alpha value is -3.28. The lowest BCUT2D eigenvalue weighted by atomic mass is 9.52. The number of primary amides is 1. The van der Waals surface area contributed by atoms with Crippen molar-refractivity contribution in [2.24, 2.45) is 35.1 Å². The second-order valence-corrected chi connectivity index (χ2v) is 9.84. The summed E-state index contributed by atoms with van der Waals surface area (Å²) in [5.41, 5.74) is 8.53. The van der Waals surface area contributed by atoms with E-state index in [1.54, 1.807) is 0 Å². The van der Waals surface area contributed by atoms with Crippen LogP contribution >= 0.6 is 0 Å². The van der Waals surface area contributed by atoms with E-state index in [0.29, 0.717) is 0 Å². The fraction of sp³-hybridized carbons (Fsp3) is 0.500. The average molecular weight is 485 g/mol. The first-order valence-electron chi connectivity index (χ1n) is 11.2. The third-order valence-corrected chi connectivity index (χ3v) is 7.74. The zero-order valence-corrected chi connectivity index (χ0v) is 19.5. The van der Waals surface area contributed by atoms with Crippen molar-refractivity contribution in [1.29, 1.82) is 0 Å². The van der Waals surface area contributed by atoms with E-state index in [4.69, 9.17) is 11.5 Å². The topological polar surface area (TPSA) is 198 Å². The van der Waals surface area contributed by atoms with Crippen LogP contribution in [0.25, 0.3) is 0 Å². The van der Waals surface area contributed by atoms with E-state index in [9.17, 15) is 39.0 Å². The van der Waals surface area contributed by atoms with Crippen molar-refractivity contribution in [2.45, 2.75) is 38.0 Å². The number of likely N-dealkylation sites (N-methyl/N-ethyl adjacent to an activating group) is 1. The van der Waals surface area contributed by atoms with Gasteiger partial charge in [-0.1, -0.05) is 0 Å². The molecule has 2 saturated carbocycles. The molecule has 1 aromatic carbocycles. The minimum atomic E-state index is -2.79. The molecule has 4 rings (SSSR count). The Balaban J connectivity index is 1.92. The maximum Gasteiger partial charge on any atom is 0.235 e. The van der Waals surface area contributed by atoms with Crippen LogP contribution in [-0.4, -0.2) is 75.7 Å². The molecule has 0 spiro atoms. The molecule has 2 unspecified atom stereocenters. The number of phenols is 1. The first-order valence-corrected chi connectivity index (χ1v) is 11.2. The molecule has 11 nitrogen and oxygen atoms in total. The van der Waals surface area contributed by atoms with Crippen LogP contribution < -0.4 is 11.5 Å². The number of nitrogens with zero attached hydrogens (tertiary/aromatic N) is 1. The molecule has 1 aromatic rings. The summed E-state index contributed by atoms with van der Waals surface area (Å²) < 4.78 is 0. The van der Waals surface area contributed by atoms with E-state index in [1.807, 2.05) is 0 Å². The van der Waals surface area contributed by atoms with E-state index < -0.39 is 70.1 Å². The Morgan fingerprint density at radius 2 is 1.80 bits per heavy atom. The van der Waals surface area contributed by atoms with Crippen LogP contribution in [0.4, 0.5) is 0 Å². The van der Waals surface area contributed by atoms with Crippen LogP contribution in [0.5, 0.6) is 5.75 Å². The first kappa shape index (κ1) is 24.8. The highest BCUT2D eigenvalue weighted by molar-refractivity contribution is 6.32. The number of Topliss-reactive ketones (excluding diaryl/α,β-unsaturated/α-hetero) is 5. The predicted octanol–water partition coefficient (Wildman–Crippen LogP) is -1.47. The van der Waals surface area contributed by atoms with Crippen LogP contribution in [0.1, 0.15) is 45.2 Å². The summed E-state index contributed by atoms with van der Waals surface area (Å²) >= 11 is 0. The smallest absolute Gasteiger partial charge is 0.235 e. The normalized spacial score (nSPS) is 32.2. The van der Waals surface area contributed by atoms with Gasteiger partial charge in [-0.15, -0.1) is 0 Å². The number of nitrogens with two attached hydrogens (primary N) is 2. The molecule has 186 valence electrons. The monoisotopic (exact) mass is 485 g/mol. The van der Waals surface area contributed by atoms with Gasteiger partial charge in [0.15, 0.2) is 40.4 Å². The van der Waals surface area contributed by atoms with Crippen molar-refractivity contribution in [3.63, 3.8) is 0 Å². The van der Waals surface area contributed by atoms with Gasteiger partial charge in [-0.05, 0) is 51.4 Å². The molecule has 0 heterocycles. The van der Waals surface area contributed by atoms with E-state index in [-0.39, 0.29) is 47.4 Å². The highest BCUT2D eigenvalue weighted by Gasteiger charge is 2.69. The van der Waals surface area contributed by atoms with Crippen LogP contribution in [0, 0.1) is 23.7 Å². The molecule has 35 heavy (non-hydrogen) atoms. The summed E-state index contributed by atoms with van der Waals surface area (Å²) in [4.78, 5) is 79.4. The molecule has 0 aliphatic heterocycles. The van der Waals surface area contributed by atoms with Gasteiger partial charge in [0.1, 0.15) is 5.75 Å². The molecule has 3 aliphatic rings. The van der Waals surface area contributed by atoms with Crippen LogP contribution in [-0.2, 0) is 32.1 Å². The number of amides is 1. The molecule has 2 fully saturated rings. The maximum atomic E-state index is 13.7. The zero-order valence-electron chi connectivity index (χ0n) is 19.5. The number of phenolic OH excluding ortho intramolecular Hbond substituents is 1. The number of fused-ring (bicyclic) bond motifs is 3. The third kappa shape index (κ3) is 3.22. The number of carbonyl (C=O) groups is 6. The number of hydrogen-bond acceptors (Lipinski definition) is 10. The van der Waals surface area contributed by atoms with E-state index in [1.165, 1.54) is 32.0 Å². The molecular formula is C24H27N3O8. The predicted molar refractivity (Wildman–Crippen MR) is 119 cm³/mol. The molecule has 6 N–H and O–H groups in total. The lowest BCUT2D eigenvalue weighted by Gasteiger charge is -2.52. The number of aliphatic hydroxyl groups is 1. The Morgan fingerprint density at radius 3 is 2.31 bits per heavy atom. The lowest BCUT2D eigenvalue weighted by Crippen LogP contribution is -2.74. The van der Waals surface area contributed by atoms with Crippen molar-refractivity contribution < 1.29 is 39.0 Å². The minimum absolute atomic E-state index is 0.0269. The second kappa shape index (κ2) is 8.14. The number of aromatic hydroxyl groups is 1. The molecule has 3 aliphatic carbocycles. The third-order valence-electron chi connectivity index (χ3n) is 7.74. The number of ketones is 5. The van der Waals surface area contributed by atoms with Crippen molar-refractivity contribution in [1.82, 2.24) is 4.90 Å². The molecule has 0 bridgehead atoms. The summed E-state index contributed by atoms with van der Waals surface area (Å²) in [5, 5.41) is 22.3. The van der Waals surface area contributed by atoms with Crippen LogP contribution in [0.3, 0.4) is 0 Å². The molecule has 0 radical (unpaired) electrons. The number of carbonyl (C=O) groups excluding carboxylic acids is 6. The van der Waals surface area contributed by atoms with Crippen molar-refractivity contribution in [3.8, 4) is 5.75 Å². The van der Waals surface area contributed by atoms with Crippen molar-refractivity contribution >= 4 is 34.8 Å². The summed E-state index contributed by atoms with van der Waals surface area (Å²) in [6.07, 6.45) is -0.0557. The molecule has 6 atom stereocenters. The number of hydrogen-bond donors (Lipinski definition) is 4. The molecule has 0 saturated heterocycles. The Morgan fingerprint density at radius 1 is 1.17 bits per heavy atom. The van der Waals surface area contributed by atoms with Gasteiger partial charge in [0.05, 0.1) is 17.5 Å². The van der Waals surface area contributed by atoms with Crippen molar-refractivity contribution in [2.75, 3.05) is 14.1 Å². The summed E-state index contributed by atoms with van der Waals surface area (Å²) in [7, 11) is 3.02. The number of rotatable bonds is 4. The van der Waals surface area contributed by atoms with Gasteiger partial charge in [-0.2, -0.15) is 0 Å². The van der Waals surface area contributed by atoms with Gasteiger partial charge in [0.25, 0.3) is 0 Å². The van der Waals surface area contributed by atoms with E-state index in [2.05, 4.69) is 0 Å². The average Bonchev–Trinajstić information content (AvgIpc) is 2.75. The Labute approximate surface area is 200 Å². The van der Waals surface area contributed by atoms with Gasteiger partial charge in [-0.25, -0.2) is 0 Å². The Bertz CT molecular complexity index is 1220. The van der Waals surface area contributed by atoms with E-state index in [0.717, 1.165) is 0 Å². The Kier molecular flexibility index (Phi) is 5.78. The highest BCUT2D eigenvalue weighted by atomic mass is 16.3. The summed E-state index contributed by atoms with van der Waals surface area (Å²) in [6, 6.07) is 0.232. The maximum absolute atomic E-state index is 13.7. The molecular weight excluding hydrogens is 458 g/mol. The molecule has 11 heteroatoms. The van der Waals surface area contributed by atoms with Crippen LogP contribution in [0.2, 0.25) is 0 Å². The molecule has 1 amide bonds. The van der Waals surface area contributed by atoms with Gasteiger partial charge in [-0.3, -0.25) is 33.7 Å². The van der Waals surface area contributed by atoms with Crippen molar-refractivity contribution in [3.05, 3.63) is 28.3 Å². The van der Waals surface area contributed by atoms with Gasteiger partial charge < -0.3 is 21.7 Å². The minimum Gasteiger partial charge on any atom is -0.507 e. The second-order valence-electron chi connectivity index (χ2n) is 9.84. The fourth-order valence-corrected chi connectivity index (χ4v) is 6.20. The summed E-state index contributed by atoms with van der Waals surface area (Å²) in [5.74, 6) is -11.7. The highest BCUT2D eigenvalue weighted by Crippen LogP contribution is 2.51. The van der Waals surface area contributed by atoms with Gasteiger partial charge >= 0.3 is 0 Å². The summed E-state index contributed by atoms with van der Waals surface area (Å²) in [6.45, 7) is 1.13. The van der Waals surface area contributed by atoms with Gasteiger partial charge in [0.2, 0.25) is 5.91 Å². The molecule has 0 aromatic heterocycles. The van der Waals surface area contributed by atoms with E-state index >= 15 is 0 Å². The van der Waals surface area contributed by atoms with Crippen LogP contribution in [0.15, 0.2) is 6.07 Å². The zero-order chi connectivity index (χ0) is 26.1. The fourth-order valence-electron chi connectivity index (χ4n) is 6.20.